The van der Waals surface area contributed by atoms with E-state index in [1.165, 1.54) is 0 Å². The molecule has 0 saturated carbocycles. The molecule has 0 N–H and O–H groups in total. The first-order valence-corrected chi connectivity index (χ1v) is 4.97. The molecular formula is C9H12I2S. The van der Waals surface area contributed by atoms with Gasteiger partial charge in [0.05, 0.1) is 0 Å². The maximum absolute atomic E-state index is 2.19. The highest BCUT2D eigenvalue weighted by atomic mass is 127. The Morgan fingerprint density at radius 1 is 0.750 bits per heavy atom. The van der Waals surface area contributed by atoms with Crippen LogP contribution >= 0.6 is 10.5 Å². The molecule has 3 heteroatoms. The topological polar surface area (TPSA) is 0 Å². The number of rotatable bonds is 0. The summed E-state index contributed by atoms with van der Waals surface area (Å²) in [5.74, 6) is 0. The van der Waals surface area contributed by atoms with E-state index in [4.69, 9.17) is 0 Å². The van der Waals surface area contributed by atoms with Gasteiger partial charge >= 0.3 is 1.43 Å². The van der Waals surface area contributed by atoms with Gasteiger partial charge in [0.2, 0.25) is 0 Å². The maximum atomic E-state index is 2.19. The van der Waals surface area contributed by atoms with Crippen LogP contribution in [0.1, 0.15) is 1.43 Å². The van der Waals surface area contributed by atoms with Crippen LogP contribution in [-0.2, 0) is 6.26 Å². The minimum atomic E-state index is 0. The Hall–Kier alpha value is 0.640. The Bertz CT molecular complexity index is 225. The lowest BCUT2D eigenvalue weighted by Crippen LogP contribution is -3.00. The van der Waals surface area contributed by atoms with Crippen LogP contribution in [0.25, 0.3) is 0 Å². The highest BCUT2D eigenvalue weighted by molar-refractivity contribution is 7.26. The fourth-order valence-electron chi connectivity index (χ4n) is 0.641. The summed E-state index contributed by atoms with van der Waals surface area (Å²) in [7, 11) is 0.307. The Morgan fingerprint density at radius 3 is 1.50 bits per heavy atom. The van der Waals surface area contributed by atoms with Gasteiger partial charge in [-0.05, 0) is 22.6 Å². The van der Waals surface area contributed by atoms with Crippen molar-refractivity contribution in [2.45, 2.75) is 0 Å². The predicted molar refractivity (Wildman–Crippen MR) is 48.6 cm³/mol. The summed E-state index contributed by atoms with van der Waals surface area (Å²) in [4.78, 5) is 0. The highest BCUT2D eigenvalue weighted by Gasteiger charge is 1.79. The molecule has 68 valence electrons. The van der Waals surface area contributed by atoms with E-state index in [0.29, 0.717) is 10.5 Å². The molecule has 0 amide bonds. The normalized spacial score (nSPS) is 7.08. The van der Waals surface area contributed by atoms with E-state index < -0.39 is 0 Å². The largest absolute Gasteiger partial charge is 1.00 e. The molecule has 12 heavy (non-hydrogen) atoms. The van der Waals surface area contributed by atoms with Gasteiger partial charge in [0.25, 0.3) is 0 Å². The molecule has 0 unspecified atom stereocenters. The van der Waals surface area contributed by atoms with E-state index >= 15 is 0 Å². The molecule has 0 aliphatic carbocycles. The van der Waals surface area contributed by atoms with Crippen LogP contribution in [0.3, 0.4) is 0 Å². The van der Waals surface area contributed by atoms with Gasteiger partial charge in [0, 0.05) is 0 Å². The summed E-state index contributed by atoms with van der Waals surface area (Å²) in [5.41, 5.74) is 0. The van der Waals surface area contributed by atoms with Crippen molar-refractivity contribution in [1.82, 2.24) is 0 Å². The van der Waals surface area contributed by atoms with Crippen molar-refractivity contribution in [3.8, 4) is 0 Å². The van der Waals surface area contributed by atoms with Crippen LogP contribution in [0.4, 0.5) is 0 Å². The van der Waals surface area contributed by atoms with Gasteiger partial charge in [-0.25, -0.2) is 0 Å². The average Bonchev–Trinajstić information content (AvgIpc) is 2.02. The molecule has 0 radical (unpaired) electrons. The quantitative estimate of drug-likeness (QED) is 0.323. The standard InChI is InChI=1S/C9H11S.2HI/c1-10-8-6-4-2-3-5-7-9-10;;/h2-9H,1H3;2*1H/q+1;;/p-1. The van der Waals surface area contributed by atoms with E-state index in [0.717, 1.165) is 0 Å². The molecule has 1 heterocycles. The Labute approximate surface area is 112 Å². The molecule has 0 aromatic carbocycles. The van der Waals surface area contributed by atoms with Crippen LogP contribution in [-0.4, -0.2) is 0 Å². The molecule has 0 fully saturated rings. The van der Waals surface area contributed by atoms with Gasteiger partial charge in [-0.15, -0.1) is 0 Å². The van der Waals surface area contributed by atoms with E-state index in [9.17, 15) is 0 Å². The molecule has 0 aliphatic heterocycles. The second-order valence-corrected chi connectivity index (χ2v) is 3.79. The van der Waals surface area contributed by atoms with Crippen LogP contribution in [0.15, 0.2) is 47.2 Å². The van der Waals surface area contributed by atoms with E-state index in [-0.39, 0.29) is 49.4 Å². The number of hydrogen-bond acceptors (Lipinski definition) is 0. The minimum Gasteiger partial charge on any atom is -1.00 e. The summed E-state index contributed by atoms with van der Waals surface area (Å²) in [5, 5.41) is 4.39. The van der Waals surface area contributed by atoms with E-state index in [1.807, 2.05) is 24.3 Å². The van der Waals surface area contributed by atoms with Crippen molar-refractivity contribution >= 4 is 10.5 Å². The second kappa shape index (κ2) is 9.73. The third-order valence-electron chi connectivity index (χ3n) is 1.14. The van der Waals surface area contributed by atoms with Crippen molar-refractivity contribution in [3.05, 3.63) is 47.2 Å². The van der Waals surface area contributed by atoms with Gasteiger partial charge < -0.3 is 48.0 Å². The van der Waals surface area contributed by atoms with Gasteiger partial charge in [-0.1, -0.05) is 24.3 Å². The van der Waals surface area contributed by atoms with Gasteiger partial charge in [0.15, 0.2) is 0 Å². The SMILES string of the molecule is C[s+]1cccccccc1.[H+].[I-].[I-]. The fraction of sp³-hybridized carbons (Fsp3) is 0.111. The van der Waals surface area contributed by atoms with Crippen molar-refractivity contribution in [1.29, 1.82) is 0 Å². The highest BCUT2D eigenvalue weighted by Crippen LogP contribution is 2.05. The van der Waals surface area contributed by atoms with Crippen LogP contribution in [0.2, 0.25) is 0 Å². The van der Waals surface area contributed by atoms with Crippen LogP contribution in [0, 0.1) is 0 Å². The zero-order valence-corrected chi connectivity index (χ0v) is 11.9. The summed E-state index contributed by atoms with van der Waals surface area (Å²) in [6.07, 6.45) is 2.19. The van der Waals surface area contributed by atoms with E-state index in [2.05, 4.69) is 29.1 Å². The monoisotopic (exact) mass is 406 g/mol. The lowest BCUT2D eigenvalue weighted by atomic mass is 10.5. The first-order chi connectivity index (χ1) is 4.89. The van der Waals surface area contributed by atoms with Crippen molar-refractivity contribution < 1.29 is 49.4 Å². The maximum Gasteiger partial charge on any atom is 1.00 e. The average molecular weight is 406 g/mol. The van der Waals surface area contributed by atoms with Gasteiger partial charge in [-0.2, -0.15) is 0 Å². The summed E-state index contributed by atoms with van der Waals surface area (Å²) >= 11 is 0. The van der Waals surface area contributed by atoms with Crippen molar-refractivity contribution in [2.24, 2.45) is 6.26 Å². The lowest BCUT2D eigenvalue weighted by molar-refractivity contribution is -0.00100. The summed E-state index contributed by atoms with van der Waals surface area (Å²) in [6.45, 7) is 0. The number of hydrogen-bond donors (Lipinski definition) is 0. The molecular weight excluding hydrogens is 394 g/mol. The van der Waals surface area contributed by atoms with Gasteiger partial charge in [-0.3, -0.25) is 0 Å². The van der Waals surface area contributed by atoms with E-state index in [1.54, 1.807) is 0 Å². The molecule has 1 aromatic rings. The molecule has 0 atom stereocenters. The lowest BCUT2D eigenvalue weighted by Gasteiger charge is -1.67. The molecule has 0 bridgehead atoms. The smallest absolute Gasteiger partial charge is 1.00 e. The van der Waals surface area contributed by atoms with Crippen molar-refractivity contribution in [3.63, 3.8) is 0 Å². The Morgan fingerprint density at radius 2 is 1.08 bits per heavy atom. The first-order valence-electron chi connectivity index (χ1n) is 3.21. The number of halogens is 2. The zero-order chi connectivity index (χ0) is 7.23. The van der Waals surface area contributed by atoms with Gasteiger partial charge in [0.1, 0.15) is 17.0 Å². The molecule has 0 saturated heterocycles. The summed E-state index contributed by atoms with van der Waals surface area (Å²) in [6, 6.07) is 12.3. The molecule has 0 spiro atoms. The molecule has 1 aromatic heterocycles. The van der Waals surface area contributed by atoms with Crippen molar-refractivity contribution in [2.75, 3.05) is 0 Å². The number of aryl methyl sites for hydroxylation is 1. The fourth-order valence-corrected chi connectivity index (χ4v) is 1.41. The molecule has 1 rings (SSSR count). The third kappa shape index (κ3) is 7.30. The zero-order valence-electron chi connectivity index (χ0n) is 7.78. The van der Waals surface area contributed by atoms with Crippen LogP contribution in [0.5, 0.6) is 0 Å². The first kappa shape index (κ1) is 15.1. The minimum absolute atomic E-state index is 0. The second-order valence-electron chi connectivity index (χ2n) is 2.03. The Kier molecular flexibility index (Phi) is 12.3. The third-order valence-corrected chi connectivity index (χ3v) is 2.31. The Balaban J connectivity index is -0.000000333. The predicted octanol–water partition coefficient (Wildman–Crippen LogP) is -2.78. The van der Waals surface area contributed by atoms with Crippen LogP contribution < -0.4 is 48.0 Å². The molecule has 0 aliphatic rings. The molecule has 0 nitrogen and oxygen atoms in total. The summed E-state index contributed by atoms with van der Waals surface area (Å²) < 4.78 is 0.